The third-order valence-electron chi connectivity index (χ3n) is 4.27. The molecule has 0 saturated carbocycles. The quantitative estimate of drug-likeness (QED) is 0.544. The van der Waals surface area contributed by atoms with E-state index in [1.807, 2.05) is 30.3 Å². The maximum atomic E-state index is 12.1. The van der Waals surface area contributed by atoms with E-state index in [4.69, 9.17) is 4.74 Å². The fourth-order valence-electron chi connectivity index (χ4n) is 2.85. The predicted molar refractivity (Wildman–Crippen MR) is 114 cm³/mol. The number of ether oxygens (including phenoxy) is 1. The lowest BCUT2D eigenvalue weighted by Crippen LogP contribution is -2.37. The van der Waals surface area contributed by atoms with Crippen LogP contribution in [0.1, 0.15) is 27.0 Å². The molecule has 150 valence electrons. The molecule has 2 N–H and O–H groups in total. The lowest BCUT2D eigenvalue weighted by Gasteiger charge is -2.13. The van der Waals surface area contributed by atoms with E-state index in [0.717, 1.165) is 30.1 Å². The Morgan fingerprint density at radius 3 is 2.46 bits per heavy atom. The first-order valence-corrected chi connectivity index (χ1v) is 9.35. The number of aliphatic imine (C=N–C) groups is 1. The molecular formula is C22H30N4O2. The summed E-state index contributed by atoms with van der Waals surface area (Å²) < 4.78 is 5.18. The summed E-state index contributed by atoms with van der Waals surface area (Å²) in [7, 11) is 6.98. The third kappa shape index (κ3) is 6.70. The molecule has 0 saturated heterocycles. The summed E-state index contributed by atoms with van der Waals surface area (Å²) in [4.78, 5) is 17.9. The Labute approximate surface area is 167 Å². The molecule has 2 aromatic carbocycles. The molecule has 2 rings (SSSR count). The van der Waals surface area contributed by atoms with Gasteiger partial charge in [0, 0.05) is 46.9 Å². The van der Waals surface area contributed by atoms with Crippen molar-refractivity contribution in [1.82, 2.24) is 15.5 Å². The summed E-state index contributed by atoms with van der Waals surface area (Å²) in [5.41, 5.74) is 4.15. The topological polar surface area (TPSA) is 66.0 Å². The van der Waals surface area contributed by atoms with E-state index in [9.17, 15) is 4.79 Å². The van der Waals surface area contributed by atoms with Gasteiger partial charge in [0.1, 0.15) is 0 Å². The molecule has 6 nitrogen and oxygen atoms in total. The molecule has 0 fully saturated rings. The Morgan fingerprint density at radius 2 is 1.75 bits per heavy atom. The van der Waals surface area contributed by atoms with Crippen LogP contribution in [0.2, 0.25) is 0 Å². The van der Waals surface area contributed by atoms with Crippen LogP contribution in [-0.2, 0) is 24.3 Å². The van der Waals surface area contributed by atoms with Crippen LogP contribution in [0.25, 0.3) is 0 Å². The largest absolute Gasteiger partial charge is 0.380 e. The second kappa shape index (κ2) is 11.1. The maximum absolute atomic E-state index is 12.1. The highest BCUT2D eigenvalue weighted by atomic mass is 16.5. The van der Waals surface area contributed by atoms with E-state index >= 15 is 0 Å². The van der Waals surface area contributed by atoms with Crippen molar-refractivity contribution in [2.75, 3.05) is 34.8 Å². The molecule has 0 bridgehead atoms. The van der Waals surface area contributed by atoms with Gasteiger partial charge in [0.05, 0.1) is 6.61 Å². The molecular weight excluding hydrogens is 352 g/mol. The Balaban J connectivity index is 1.84. The zero-order chi connectivity index (χ0) is 20.4. The molecule has 2 aromatic rings. The van der Waals surface area contributed by atoms with Gasteiger partial charge < -0.3 is 20.3 Å². The number of guanidine groups is 1. The average molecular weight is 383 g/mol. The van der Waals surface area contributed by atoms with Crippen LogP contribution in [0, 0.1) is 0 Å². The van der Waals surface area contributed by atoms with Crippen LogP contribution < -0.4 is 10.6 Å². The van der Waals surface area contributed by atoms with Crippen molar-refractivity contribution in [3.63, 3.8) is 0 Å². The highest BCUT2D eigenvalue weighted by molar-refractivity contribution is 5.94. The summed E-state index contributed by atoms with van der Waals surface area (Å²) in [6, 6.07) is 16.0. The first kappa shape index (κ1) is 21.4. The highest BCUT2D eigenvalue weighted by Crippen LogP contribution is 2.08. The molecule has 1 amide bonds. The van der Waals surface area contributed by atoms with Crippen molar-refractivity contribution in [2.24, 2.45) is 4.99 Å². The second-order valence-electron chi connectivity index (χ2n) is 6.76. The van der Waals surface area contributed by atoms with E-state index in [2.05, 4.69) is 33.8 Å². The molecule has 0 atom stereocenters. The van der Waals surface area contributed by atoms with Crippen LogP contribution in [0.3, 0.4) is 0 Å². The maximum Gasteiger partial charge on any atom is 0.253 e. The van der Waals surface area contributed by atoms with E-state index < -0.39 is 0 Å². The van der Waals surface area contributed by atoms with Gasteiger partial charge in [0.15, 0.2) is 5.96 Å². The predicted octanol–water partition coefficient (Wildman–Crippen LogP) is 2.44. The number of carbonyl (C=O) groups is 1. The first-order chi connectivity index (χ1) is 13.5. The number of benzene rings is 2. The highest BCUT2D eigenvalue weighted by Gasteiger charge is 2.08. The third-order valence-corrected chi connectivity index (χ3v) is 4.27. The fraction of sp³-hybridized carbons (Fsp3) is 0.364. The Morgan fingerprint density at radius 1 is 1.04 bits per heavy atom. The number of amides is 1. The van der Waals surface area contributed by atoms with E-state index in [-0.39, 0.29) is 5.91 Å². The SMILES string of the molecule is CN=C(NCCc1cccc(C(=O)N(C)C)c1)NCc1cccc(COC)c1. The van der Waals surface area contributed by atoms with Crippen molar-refractivity contribution >= 4 is 11.9 Å². The molecule has 28 heavy (non-hydrogen) atoms. The summed E-state index contributed by atoms with van der Waals surface area (Å²) in [6.45, 7) is 2.02. The minimum absolute atomic E-state index is 0.0167. The Hall–Kier alpha value is -2.86. The number of nitrogens with zero attached hydrogens (tertiary/aromatic N) is 2. The minimum Gasteiger partial charge on any atom is -0.380 e. The zero-order valence-electron chi connectivity index (χ0n) is 17.2. The number of carbonyl (C=O) groups excluding carboxylic acids is 1. The smallest absolute Gasteiger partial charge is 0.253 e. The molecule has 0 aliphatic rings. The standard InChI is InChI=1S/C22H30N4O2/c1-23-22(25-15-18-8-5-9-19(13-18)16-28-4)24-12-11-17-7-6-10-20(14-17)21(27)26(2)3/h5-10,13-14H,11-12,15-16H2,1-4H3,(H2,23,24,25). The van der Waals surface area contributed by atoms with E-state index in [1.54, 1.807) is 33.2 Å². The lowest BCUT2D eigenvalue weighted by molar-refractivity contribution is 0.0827. The van der Waals surface area contributed by atoms with Crippen molar-refractivity contribution in [3.8, 4) is 0 Å². The van der Waals surface area contributed by atoms with Crippen LogP contribution in [0.15, 0.2) is 53.5 Å². The Kier molecular flexibility index (Phi) is 8.49. The number of nitrogens with one attached hydrogen (secondary N) is 2. The van der Waals surface area contributed by atoms with Gasteiger partial charge in [-0.15, -0.1) is 0 Å². The summed E-state index contributed by atoms with van der Waals surface area (Å²) in [6.07, 6.45) is 0.804. The van der Waals surface area contributed by atoms with Gasteiger partial charge in [0.2, 0.25) is 0 Å². The van der Waals surface area contributed by atoms with Crippen LogP contribution in [0.4, 0.5) is 0 Å². The second-order valence-corrected chi connectivity index (χ2v) is 6.76. The molecule has 0 aliphatic carbocycles. The molecule has 0 unspecified atom stereocenters. The summed E-state index contributed by atoms with van der Waals surface area (Å²) in [5.74, 6) is 0.764. The van der Waals surface area contributed by atoms with Gasteiger partial charge in [-0.2, -0.15) is 0 Å². The lowest BCUT2D eigenvalue weighted by atomic mass is 10.1. The van der Waals surface area contributed by atoms with Crippen molar-refractivity contribution < 1.29 is 9.53 Å². The van der Waals surface area contributed by atoms with Gasteiger partial charge in [-0.3, -0.25) is 9.79 Å². The Bertz CT molecular complexity index is 803. The molecule has 0 aromatic heterocycles. The minimum atomic E-state index is 0.0167. The molecule has 0 spiro atoms. The number of rotatable bonds is 8. The van der Waals surface area contributed by atoms with Gasteiger partial charge in [-0.05, 0) is 35.2 Å². The molecule has 0 aliphatic heterocycles. The van der Waals surface area contributed by atoms with Gasteiger partial charge >= 0.3 is 0 Å². The van der Waals surface area contributed by atoms with Crippen LogP contribution >= 0.6 is 0 Å². The van der Waals surface area contributed by atoms with E-state index in [0.29, 0.717) is 18.7 Å². The first-order valence-electron chi connectivity index (χ1n) is 9.35. The van der Waals surface area contributed by atoms with Gasteiger partial charge in [0.25, 0.3) is 5.91 Å². The monoisotopic (exact) mass is 382 g/mol. The molecule has 0 heterocycles. The molecule has 0 radical (unpaired) electrons. The number of methoxy groups -OCH3 is 1. The van der Waals surface area contributed by atoms with Crippen molar-refractivity contribution in [3.05, 3.63) is 70.8 Å². The normalized spacial score (nSPS) is 11.2. The fourth-order valence-corrected chi connectivity index (χ4v) is 2.85. The van der Waals surface area contributed by atoms with Gasteiger partial charge in [-0.1, -0.05) is 36.4 Å². The summed E-state index contributed by atoms with van der Waals surface area (Å²) in [5, 5.41) is 6.64. The number of hydrogen-bond donors (Lipinski definition) is 2. The zero-order valence-corrected chi connectivity index (χ0v) is 17.2. The van der Waals surface area contributed by atoms with Crippen LogP contribution in [0.5, 0.6) is 0 Å². The average Bonchev–Trinajstić information content (AvgIpc) is 2.70. The van der Waals surface area contributed by atoms with Gasteiger partial charge in [-0.25, -0.2) is 0 Å². The summed E-state index contributed by atoms with van der Waals surface area (Å²) >= 11 is 0. The van der Waals surface area contributed by atoms with Crippen LogP contribution in [-0.4, -0.2) is 51.6 Å². The van der Waals surface area contributed by atoms with Crippen molar-refractivity contribution in [1.29, 1.82) is 0 Å². The van der Waals surface area contributed by atoms with Crippen molar-refractivity contribution in [2.45, 2.75) is 19.6 Å². The molecule has 6 heteroatoms. The van der Waals surface area contributed by atoms with E-state index in [1.165, 1.54) is 5.56 Å². The number of hydrogen-bond acceptors (Lipinski definition) is 3.